The van der Waals surface area contributed by atoms with E-state index in [1.54, 1.807) is 13.8 Å². The predicted molar refractivity (Wildman–Crippen MR) is 73.4 cm³/mol. The zero-order valence-electron chi connectivity index (χ0n) is 12.2. The molecule has 0 spiro atoms. The van der Waals surface area contributed by atoms with Gasteiger partial charge in [0.15, 0.2) is 5.44 Å². The molecule has 0 radical (unpaired) electrons. The van der Waals surface area contributed by atoms with Crippen molar-refractivity contribution in [3.05, 3.63) is 0 Å². The van der Waals surface area contributed by atoms with E-state index < -0.39 is 38.8 Å². The summed E-state index contributed by atoms with van der Waals surface area (Å²) in [6, 6.07) is 0. The topological polar surface area (TPSA) is 101 Å². The van der Waals surface area contributed by atoms with Crippen LogP contribution in [0, 0.1) is 17.3 Å². The third-order valence-electron chi connectivity index (χ3n) is 4.02. The molecular weight excluding hydrogens is 284 g/mol. The monoisotopic (exact) mass is 308 g/mol. The quantitative estimate of drug-likeness (QED) is 0.401. The van der Waals surface area contributed by atoms with E-state index in [1.807, 2.05) is 0 Å². The smallest absolute Gasteiger partial charge is 0.309 e. The van der Waals surface area contributed by atoms with E-state index in [4.69, 9.17) is 9.29 Å². The number of unbranched alkanes of at least 4 members (excludes halogenated alkanes) is 3. The molecule has 1 fully saturated rings. The molecule has 0 amide bonds. The molecule has 3 unspecified atom stereocenters. The summed E-state index contributed by atoms with van der Waals surface area (Å²) in [5.74, 6) is -2.01. The van der Waals surface area contributed by atoms with Crippen LogP contribution in [0.15, 0.2) is 0 Å². The van der Waals surface area contributed by atoms with E-state index in [2.05, 4.69) is 6.92 Å². The van der Waals surface area contributed by atoms with Crippen LogP contribution in [0.1, 0.15) is 46.5 Å². The van der Waals surface area contributed by atoms with Crippen molar-refractivity contribution in [2.24, 2.45) is 17.3 Å². The minimum atomic E-state index is -4.56. The average Bonchev–Trinajstić information content (AvgIpc) is 2.89. The van der Waals surface area contributed by atoms with Gasteiger partial charge in [0.1, 0.15) is 0 Å². The predicted octanol–water partition coefficient (Wildman–Crippen LogP) is 1.59. The SMILES string of the molecule is CCCCCCOC(=O)C1C(C(O)S(=O)(=O)O)C1(C)C. The summed E-state index contributed by atoms with van der Waals surface area (Å²) in [6.45, 7) is 5.74. The van der Waals surface area contributed by atoms with Gasteiger partial charge in [-0.25, -0.2) is 0 Å². The molecule has 1 aliphatic carbocycles. The van der Waals surface area contributed by atoms with Gasteiger partial charge in [-0.1, -0.05) is 40.0 Å². The zero-order chi connectivity index (χ0) is 15.6. The lowest BCUT2D eigenvalue weighted by atomic mass is 10.1. The number of ether oxygens (including phenoxy) is 1. The van der Waals surface area contributed by atoms with E-state index in [9.17, 15) is 18.3 Å². The first-order valence-corrected chi connectivity index (χ1v) is 8.45. The average molecular weight is 308 g/mol. The molecule has 0 aromatic rings. The van der Waals surface area contributed by atoms with Crippen LogP contribution in [0.25, 0.3) is 0 Å². The Hall–Kier alpha value is -0.660. The van der Waals surface area contributed by atoms with Crippen molar-refractivity contribution < 1.29 is 27.6 Å². The molecule has 0 aromatic carbocycles. The Labute approximate surface area is 120 Å². The van der Waals surface area contributed by atoms with E-state index in [0.29, 0.717) is 6.61 Å². The van der Waals surface area contributed by atoms with Gasteiger partial charge in [-0.05, 0) is 11.8 Å². The highest BCUT2D eigenvalue weighted by Crippen LogP contribution is 2.61. The number of carbonyl (C=O) groups excluding carboxylic acids is 1. The van der Waals surface area contributed by atoms with Crippen molar-refractivity contribution in [1.29, 1.82) is 0 Å². The van der Waals surface area contributed by atoms with Gasteiger partial charge in [-0.3, -0.25) is 9.35 Å². The largest absolute Gasteiger partial charge is 0.465 e. The molecule has 3 atom stereocenters. The molecule has 20 heavy (non-hydrogen) atoms. The zero-order valence-corrected chi connectivity index (χ0v) is 13.0. The standard InChI is InChI=1S/C13H24O6S/c1-4-5-6-7-8-19-11(14)9-10(13(9,2)3)12(15)20(16,17)18/h9-10,12,15H,4-8H2,1-3H3,(H,16,17,18). The van der Waals surface area contributed by atoms with E-state index >= 15 is 0 Å². The van der Waals surface area contributed by atoms with Crippen molar-refractivity contribution in [2.75, 3.05) is 6.61 Å². The van der Waals surface area contributed by atoms with Crippen LogP contribution in [-0.2, 0) is 19.6 Å². The van der Waals surface area contributed by atoms with Gasteiger partial charge in [-0.15, -0.1) is 0 Å². The number of esters is 1. The van der Waals surface area contributed by atoms with Crippen LogP contribution in [0.3, 0.4) is 0 Å². The molecule has 0 heterocycles. The van der Waals surface area contributed by atoms with Crippen molar-refractivity contribution in [3.8, 4) is 0 Å². The minimum Gasteiger partial charge on any atom is -0.465 e. The van der Waals surface area contributed by atoms with Gasteiger partial charge in [0, 0.05) is 5.92 Å². The summed E-state index contributed by atoms with van der Waals surface area (Å²) >= 11 is 0. The second-order valence-corrected chi connectivity index (χ2v) is 7.47. The first-order valence-electron chi connectivity index (χ1n) is 6.95. The summed E-state index contributed by atoms with van der Waals surface area (Å²) in [6.07, 6.45) is 3.93. The molecule has 1 rings (SSSR count). The number of rotatable bonds is 8. The second-order valence-electron chi connectivity index (χ2n) is 5.96. The fourth-order valence-electron chi connectivity index (χ4n) is 2.64. The second kappa shape index (κ2) is 6.41. The van der Waals surface area contributed by atoms with Crippen molar-refractivity contribution in [2.45, 2.75) is 51.9 Å². The van der Waals surface area contributed by atoms with Gasteiger partial charge in [0.25, 0.3) is 10.1 Å². The van der Waals surface area contributed by atoms with Crippen molar-refractivity contribution >= 4 is 16.1 Å². The maximum absolute atomic E-state index is 11.9. The third kappa shape index (κ3) is 3.93. The molecule has 0 aliphatic heterocycles. The number of hydrogen-bond donors (Lipinski definition) is 2. The first kappa shape index (κ1) is 17.4. The summed E-state index contributed by atoms with van der Waals surface area (Å²) in [5, 5.41) is 9.58. The highest BCUT2D eigenvalue weighted by Gasteiger charge is 2.67. The van der Waals surface area contributed by atoms with Crippen molar-refractivity contribution in [1.82, 2.24) is 0 Å². The highest BCUT2D eigenvalue weighted by molar-refractivity contribution is 7.86. The van der Waals surface area contributed by atoms with Crippen LogP contribution in [-0.4, -0.2) is 36.1 Å². The summed E-state index contributed by atoms with van der Waals surface area (Å²) in [5.41, 5.74) is -2.62. The molecule has 0 bridgehead atoms. The van der Waals surface area contributed by atoms with Gasteiger partial charge in [0.2, 0.25) is 0 Å². The van der Waals surface area contributed by atoms with Crippen LogP contribution >= 0.6 is 0 Å². The first-order chi connectivity index (χ1) is 9.14. The fourth-order valence-corrected chi connectivity index (χ4v) is 3.52. The van der Waals surface area contributed by atoms with Crippen LogP contribution < -0.4 is 0 Å². The van der Waals surface area contributed by atoms with E-state index in [0.717, 1.165) is 25.7 Å². The molecule has 6 nitrogen and oxygen atoms in total. The van der Waals surface area contributed by atoms with Gasteiger partial charge in [0.05, 0.1) is 12.5 Å². The number of aliphatic hydroxyl groups is 1. The maximum Gasteiger partial charge on any atom is 0.309 e. The van der Waals surface area contributed by atoms with E-state index in [-0.39, 0.29) is 0 Å². The number of aliphatic hydroxyl groups excluding tert-OH is 1. The van der Waals surface area contributed by atoms with Crippen LogP contribution in [0.5, 0.6) is 0 Å². The normalized spacial score (nSPS) is 26.1. The van der Waals surface area contributed by atoms with Gasteiger partial charge >= 0.3 is 5.97 Å². The molecule has 2 N–H and O–H groups in total. The Morgan fingerprint density at radius 1 is 1.30 bits per heavy atom. The van der Waals surface area contributed by atoms with Gasteiger partial charge in [-0.2, -0.15) is 8.42 Å². The fraction of sp³-hybridized carbons (Fsp3) is 0.923. The molecule has 1 aliphatic rings. The Bertz CT molecular complexity index is 442. The lowest BCUT2D eigenvalue weighted by Gasteiger charge is -2.07. The molecule has 0 aromatic heterocycles. The Morgan fingerprint density at radius 2 is 1.90 bits per heavy atom. The van der Waals surface area contributed by atoms with Crippen LogP contribution in [0.2, 0.25) is 0 Å². The summed E-state index contributed by atoms with van der Waals surface area (Å²) in [7, 11) is -4.56. The lowest BCUT2D eigenvalue weighted by Crippen LogP contribution is -2.25. The Balaban J connectivity index is 2.49. The van der Waals surface area contributed by atoms with Crippen LogP contribution in [0.4, 0.5) is 0 Å². The number of hydrogen-bond acceptors (Lipinski definition) is 5. The summed E-state index contributed by atoms with van der Waals surface area (Å²) < 4.78 is 35.9. The highest BCUT2D eigenvalue weighted by atomic mass is 32.2. The third-order valence-corrected chi connectivity index (χ3v) is 4.92. The van der Waals surface area contributed by atoms with Crippen molar-refractivity contribution in [3.63, 3.8) is 0 Å². The molecule has 0 saturated heterocycles. The molecular formula is C13H24O6S. The number of carbonyl (C=O) groups is 1. The minimum absolute atomic E-state index is 0.306. The molecule has 1 saturated carbocycles. The van der Waals surface area contributed by atoms with E-state index in [1.165, 1.54) is 0 Å². The maximum atomic E-state index is 11.9. The Morgan fingerprint density at radius 3 is 2.40 bits per heavy atom. The lowest BCUT2D eigenvalue weighted by molar-refractivity contribution is -0.146. The molecule has 118 valence electrons. The molecule has 7 heteroatoms. The Kier molecular flexibility index (Phi) is 5.57. The van der Waals surface area contributed by atoms with Gasteiger partial charge < -0.3 is 9.84 Å². The summed E-state index contributed by atoms with van der Waals surface area (Å²) in [4.78, 5) is 11.9.